The van der Waals surface area contributed by atoms with E-state index in [0.29, 0.717) is 6.04 Å². The molecule has 2 aliphatic rings. The molecule has 0 unspecified atom stereocenters. The van der Waals surface area contributed by atoms with Gasteiger partial charge >= 0.3 is 0 Å². The molecule has 1 aromatic heterocycles. The Morgan fingerprint density at radius 2 is 1.81 bits per heavy atom. The van der Waals surface area contributed by atoms with Crippen molar-refractivity contribution in [3.05, 3.63) is 24.5 Å². The summed E-state index contributed by atoms with van der Waals surface area (Å²) >= 11 is 0. The molecule has 3 heterocycles. The van der Waals surface area contributed by atoms with Crippen molar-refractivity contribution < 1.29 is 4.74 Å². The molecule has 0 radical (unpaired) electrons. The van der Waals surface area contributed by atoms with Gasteiger partial charge in [0, 0.05) is 63.4 Å². The van der Waals surface area contributed by atoms with Crippen molar-refractivity contribution in [2.24, 2.45) is 0 Å². The van der Waals surface area contributed by atoms with Crippen molar-refractivity contribution in [2.75, 3.05) is 57.4 Å². The lowest BCUT2D eigenvalue weighted by atomic mass is 10.0. The number of ether oxygens (including phenoxy) is 1. The number of nitrogens with zero attached hydrogens (tertiary/aromatic N) is 3. The van der Waals surface area contributed by atoms with Crippen molar-refractivity contribution in [2.45, 2.75) is 18.9 Å². The van der Waals surface area contributed by atoms with Crippen LogP contribution < -0.4 is 10.2 Å². The molecule has 0 aromatic carbocycles. The molecule has 2 aliphatic heterocycles. The molecule has 5 nitrogen and oxygen atoms in total. The van der Waals surface area contributed by atoms with Crippen LogP contribution in [0.4, 0.5) is 5.69 Å². The van der Waals surface area contributed by atoms with Crippen LogP contribution in [0.2, 0.25) is 0 Å². The standard InChI is InChI=1S/C16H26N4O/c1-5-17-6-2-16(1)20-8-3-15(4-9-20)18-7-10-19-11-13-21-14-12-19/h1-2,5-6,15,18H,3-4,7-14H2. The van der Waals surface area contributed by atoms with Crippen molar-refractivity contribution in [1.29, 1.82) is 0 Å². The van der Waals surface area contributed by atoms with Crippen molar-refractivity contribution in [3.8, 4) is 0 Å². The van der Waals surface area contributed by atoms with E-state index >= 15 is 0 Å². The van der Waals surface area contributed by atoms with Gasteiger partial charge in [-0.05, 0) is 25.0 Å². The Hall–Kier alpha value is -1.17. The van der Waals surface area contributed by atoms with Crippen molar-refractivity contribution in [1.82, 2.24) is 15.2 Å². The van der Waals surface area contributed by atoms with E-state index in [1.807, 2.05) is 12.4 Å². The summed E-state index contributed by atoms with van der Waals surface area (Å²) in [5, 5.41) is 3.72. The number of pyridine rings is 1. The average molecular weight is 290 g/mol. The molecule has 2 fully saturated rings. The van der Waals surface area contributed by atoms with Crippen LogP contribution in [0.1, 0.15) is 12.8 Å². The maximum Gasteiger partial charge on any atom is 0.0594 e. The minimum Gasteiger partial charge on any atom is -0.379 e. The summed E-state index contributed by atoms with van der Waals surface area (Å²) in [5.74, 6) is 0. The van der Waals surface area contributed by atoms with Crippen LogP contribution >= 0.6 is 0 Å². The van der Waals surface area contributed by atoms with E-state index in [0.717, 1.165) is 52.5 Å². The molecular formula is C16H26N4O. The molecular weight excluding hydrogens is 264 g/mol. The number of hydrogen-bond donors (Lipinski definition) is 1. The van der Waals surface area contributed by atoms with Gasteiger partial charge in [0.05, 0.1) is 13.2 Å². The van der Waals surface area contributed by atoms with E-state index in [9.17, 15) is 0 Å². The fraction of sp³-hybridized carbons (Fsp3) is 0.688. The fourth-order valence-electron chi connectivity index (χ4n) is 3.15. The van der Waals surface area contributed by atoms with Gasteiger partial charge < -0.3 is 15.0 Å². The zero-order valence-electron chi connectivity index (χ0n) is 12.7. The van der Waals surface area contributed by atoms with Crippen molar-refractivity contribution in [3.63, 3.8) is 0 Å². The molecule has 1 aromatic rings. The van der Waals surface area contributed by atoms with Gasteiger partial charge in [0.25, 0.3) is 0 Å². The van der Waals surface area contributed by atoms with E-state index in [1.54, 1.807) is 0 Å². The maximum atomic E-state index is 5.38. The van der Waals surface area contributed by atoms with Gasteiger partial charge in [0.1, 0.15) is 0 Å². The van der Waals surface area contributed by atoms with Crippen LogP contribution in [-0.2, 0) is 4.74 Å². The van der Waals surface area contributed by atoms with Gasteiger partial charge in [-0.15, -0.1) is 0 Å². The Morgan fingerprint density at radius 3 is 2.52 bits per heavy atom. The summed E-state index contributed by atoms with van der Waals surface area (Å²) in [6.45, 7) is 8.48. The van der Waals surface area contributed by atoms with Crippen LogP contribution in [-0.4, -0.2) is 68.4 Å². The molecule has 2 saturated heterocycles. The second kappa shape index (κ2) is 7.73. The Morgan fingerprint density at radius 1 is 1.10 bits per heavy atom. The highest BCUT2D eigenvalue weighted by Crippen LogP contribution is 2.18. The summed E-state index contributed by atoms with van der Waals surface area (Å²) in [4.78, 5) is 9.04. The molecule has 5 heteroatoms. The second-order valence-corrected chi connectivity index (χ2v) is 5.87. The third-order valence-electron chi connectivity index (χ3n) is 4.49. The SMILES string of the molecule is c1cc(N2CCC(NCCN3CCOCC3)CC2)ccn1. The summed E-state index contributed by atoms with van der Waals surface area (Å²) in [7, 11) is 0. The molecule has 0 amide bonds. The van der Waals surface area contributed by atoms with Crippen molar-refractivity contribution >= 4 is 5.69 Å². The molecule has 3 rings (SSSR count). The topological polar surface area (TPSA) is 40.6 Å². The Labute approximate surface area is 127 Å². The minimum absolute atomic E-state index is 0.670. The number of anilines is 1. The molecule has 116 valence electrons. The predicted octanol–water partition coefficient (Wildman–Crippen LogP) is 0.972. The summed E-state index contributed by atoms with van der Waals surface area (Å²) in [6, 6.07) is 4.88. The fourth-order valence-corrected chi connectivity index (χ4v) is 3.15. The van der Waals surface area contributed by atoms with Crippen LogP contribution in [0.25, 0.3) is 0 Å². The Balaban J connectivity index is 1.34. The Kier molecular flexibility index (Phi) is 5.43. The highest BCUT2D eigenvalue weighted by Gasteiger charge is 2.19. The third kappa shape index (κ3) is 4.40. The van der Waals surface area contributed by atoms with Crippen LogP contribution in [0.3, 0.4) is 0 Å². The van der Waals surface area contributed by atoms with Gasteiger partial charge in [-0.3, -0.25) is 9.88 Å². The highest BCUT2D eigenvalue weighted by atomic mass is 16.5. The molecule has 0 atom stereocenters. The second-order valence-electron chi connectivity index (χ2n) is 5.87. The maximum absolute atomic E-state index is 5.38. The average Bonchev–Trinajstić information content (AvgIpc) is 2.57. The van der Waals surface area contributed by atoms with Crippen LogP contribution in [0, 0.1) is 0 Å². The third-order valence-corrected chi connectivity index (χ3v) is 4.49. The molecule has 21 heavy (non-hydrogen) atoms. The molecule has 0 bridgehead atoms. The number of piperidine rings is 1. The number of nitrogens with one attached hydrogen (secondary N) is 1. The van der Waals surface area contributed by atoms with Crippen LogP contribution in [0.15, 0.2) is 24.5 Å². The van der Waals surface area contributed by atoms with E-state index in [4.69, 9.17) is 4.74 Å². The first kappa shape index (κ1) is 14.8. The van der Waals surface area contributed by atoms with E-state index < -0.39 is 0 Å². The summed E-state index contributed by atoms with van der Waals surface area (Å²) in [6.07, 6.45) is 6.21. The first-order chi connectivity index (χ1) is 10.4. The normalized spacial score (nSPS) is 21.6. The zero-order chi connectivity index (χ0) is 14.3. The van der Waals surface area contributed by atoms with E-state index in [1.165, 1.54) is 18.5 Å². The largest absolute Gasteiger partial charge is 0.379 e. The number of aromatic nitrogens is 1. The lowest BCUT2D eigenvalue weighted by molar-refractivity contribution is 0.0380. The number of rotatable bonds is 5. The van der Waals surface area contributed by atoms with Gasteiger partial charge in [0.2, 0.25) is 0 Å². The lowest BCUT2D eigenvalue weighted by Crippen LogP contribution is -2.46. The monoisotopic (exact) mass is 290 g/mol. The van der Waals surface area contributed by atoms with Gasteiger partial charge in [-0.25, -0.2) is 0 Å². The van der Waals surface area contributed by atoms with Gasteiger partial charge in [-0.1, -0.05) is 0 Å². The summed E-state index contributed by atoms with van der Waals surface area (Å²) in [5.41, 5.74) is 1.30. The molecule has 0 aliphatic carbocycles. The quantitative estimate of drug-likeness (QED) is 0.875. The van der Waals surface area contributed by atoms with Gasteiger partial charge in [0.15, 0.2) is 0 Å². The van der Waals surface area contributed by atoms with Crippen LogP contribution in [0.5, 0.6) is 0 Å². The van der Waals surface area contributed by atoms with E-state index in [2.05, 4.69) is 32.2 Å². The van der Waals surface area contributed by atoms with E-state index in [-0.39, 0.29) is 0 Å². The summed E-state index contributed by atoms with van der Waals surface area (Å²) < 4.78 is 5.38. The zero-order valence-corrected chi connectivity index (χ0v) is 12.7. The molecule has 0 spiro atoms. The predicted molar refractivity (Wildman–Crippen MR) is 84.7 cm³/mol. The first-order valence-corrected chi connectivity index (χ1v) is 8.10. The minimum atomic E-state index is 0.670. The highest BCUT2D eigenvalue weighted by molar-refractivity contribution is 5.44. The number of hydrogen-bond acceptors (Lipinski definition) is 5. The smallest absolute Gasteiger partial charge is 0.0594 e. The Bertz CT molecular complexity index is 400. The molecule has 1 N–H and O–H groups in total. The van der Waals surface area contributed by atoms with Gasteiger partial charge in [-0.2, -0.15) is 0 Å². The molecule has 0 saturated carbocycles. The number of morpholine rings is 1. The lowest BCUT2D eigenvalue weighted by Gasteiger charge is -2.34. The first-order valence-electron chi connectivity index (χ1n) is 8.10.